The van der Waals surface area contributed by atoms with E-state index in [1.165, 1.54) is 0 Å². The summed E-state index contributed by atoms with van der Waals surface area (Å²) < 4.78 is 7.08. The standard InChI is InChI=1S/C11H12Br2INO2/c12-3-5-17-6-4-15-11(16)9-7-8(14)1-2-10(9)13/h1-2,7H,3-6H2,(H,15,16). The van der Waals surface area contributed by atoms with Gasteiger partial charge in [0.2, 0.25) is 0 Å². The fourth-order valence-electron chi connectivity index (χ4n) is 1.16. The van der Waals surface area contributed by atoms with Crippen molar-refractivity contribution in [2.24, 2.45) is 0 Å². The van der Waals surface area contributed by atoms with Gasteiger partial charge in [-0.3, -0.25) is 4.79 Å². The molecule has 0 aliphatic heterocycles. The van der Waals surface area contributed by atoms with Crippen molar-refractivity contribution < 1.29 is 9.53 Å². The summed E-state index contributed by atoms with van der Waals surface area (Å²) in [6.07, 6.45) is 0. The Labute approximate surface area is 131 Å². The Morgan fingerprint density at radius 2 is 2.18 bits per heavy atom. The number of amides is 1. The van der Waals surface area contributed by atoms with Crippen LogP contribution >= 0.6 is 54.5 Å². The predicted octanol–water partition coefficient (Wildman–Crippen LogP) is 3.20. The number of benzene rings is 1. The minimum absolute atomic E-state index is 0.0853. The van der Waals surface area contributed by atoms with E-state index in [0.717, 1.165) is 13.4 Å². The summed E-state index contributed by atoms with van der Waals surface area (Å²) in [6.45, 7) is 1.70. The maximum absolute atomic E-state index is 11.8. The number of hydrogen-bond donors (Lipinski definition) is 1. The van der Waals surface area contributed by atoms with Crippen LogP contribution in [0.1, 0.15) is 10.4 Å². The molecule has 0 bridgehead atoms. The molecule has 94 valence electrons. The Morgan fingerprint density at radius 1 is 1.41 bits per heavy atom. The van der Waals surface area contributed by atoms with Gasteiger partial charge in [0.15, 0.2) is 0 Å². The van der Waals surface area contributed by atoms with Gasteiger partial charge in [-0.05, 0) is 56.7 Å². The molecular weight excluding hydrogens is 465 g/mol. The number of alkyl halides is 1. The topological polar surface area (TPSA) is 38.3 Å². The number of nitrogens with one attached hydrogen (secondary N) is 1. The first kappa shape index (κ1) is 15.4. The fourth-order valence-corrected chi connectivity index (χ4v) is 2.31. The summed E-state index contributed by atoms with van der Waals surface area (Å²) in [5, 5.41) is 3.62. The molecule has 1 aromatic carbocycles. The molecule has 0 radical (unpaired) electrons. The summed E-state index contributed by atoms with van der Waals surface area (Å²) in [7, 11) is 0. The molecule has 0 atom stereocenters. The van der Waals surface area contributed by atoms with E-state index in [9.17, 15) is 4.79 Å². The van der Waals surface area contributed by atoms with Gasteiger partial charge in [0.25, 0.3) is 5.91 Å². The Kier molecular flexibility index (Phi) is 7.65. The third-order valence-corrected chi connectivity index (χ3v) is 3.61. The van der Waals surface area contributed by atoms with E-state index in [1.807, 2.05) is 18.2 Å². The van der Waals surface area contributed by atoms with Crippen molar-refractivity contribution in [3.05, 3.63) is 31.8 Å². The zero-order valence-corrected chi connectivity index (χ0v) is 14.3. The smallest absolute Gasteiger partial charge is 0.252 e. The molecule has 0 spiro atoms. The largest absolute Gasteiger partial charge is 0.379 e. The van der Waals surface area contributed by atoms with Crippen molar-refractivity contribution in [2.45, 2.75) is 0 Å². The molecule has 6 heteroatoms. The van der Waals surface area contributed by atoms with E-state index in [1.54, 1.807) is 0 Å². The van der Waals surface area contributed by atoms with Crippen LogP contribution in [-0.2, 0) is 4.74 Å². The van der Waals surface area contributed by atoms with Gasteiger partial charge in [-0.25, -0.2) is 0 Å². The van der Waals surface area contributed by atoms with Crippen LogP contribution in [0, 0.1) is 3.57 Å². The maximum Gasteiger partial charge on any atom is 0.252 e. The van der Waals surface area contributed by atoms with Crippen molar-refractivity contribution in [3.8, 4) is 0 Å². The number of carbonyl (C=O) groups excluding carboxylic acids is 1. The van der Waals surface area contributed by atoms with Crippen LogP contribution in [0.15, 0.2) is 22.7 Å². The van der Waals surface area contributed by atoms with E-state index >= 15 is 0 Å². The van der Waals surface area contributed by atoms with E-state index in [4.69, 9.17) is 4.74 Å². The van der Waals surface area contributed by atoms with Crippen LogP contribution in [0.4, 0.5) is 0 Å². The van der Waals surface area contributed by atoms with Crippen LogP contribution in [0.25, 0.3) is 0 Å². The third kappa shape index (κ3) is 5.67. The molecule has 1 amide bonds. The Bertz CT molecular complexity index is 388. The lowest BCUT2D eigenvalue weighted by Crippen LogP contribution is -2.27. The van der Waals surface area contributed by atoms with Crippen molar-refractivity contribution in [1.29, 1.82) is 0 Å². The second kappa shape index (κ2) is 8.44. The van der Waals surface area contributed by atoms with Gasteiger partial charge in [-0.2, -0.15) is 0 Å². The molecule has 0 unspecified atom stereocenters. The summed E-state index contributed by atoms with van der Waals surface area (Å²) in [4.78, 5) is 11.8. The molecule has 1 rings (SSSR count). The Morgan fingerprint density at radius 3 is 2.88 bits per heavy atom. The highest BCUT2D eigenvalue weighted by Crippen LogP contribution is 2.19. The van der Waals surface area contributed by atoms with Crippen LogP contribution in [0.2, 0.25) is 0 Å². The first-order valence-electron chi connectivity index (χ1n) is 5.02. The molecule has 0 saturated carbocycles. The molecule has 1 N–H and O–H groups in total. The summed E-state index contributed by atoms with van der Waals surface area (Å²) >= 11 is 8.81. The van der Waals surface area contributed by atoms with Crippen LogP contribution in [-0.4, -0.2) is 31.0 Å². The lowest BCUT2D eigenvalue weighted by atomic mass is 10.2. The summed E-state index contributed by atoms with van der Waals surface area (Å²) in [5.41, 5.74) is 0.650. The zero-order valence-electron chi connectivity index (χ0n) is 9.01. The first-order valence-corrected chi connectivity index (χ1v) is 8.01. The number of ether oxygens (including phenoxy) is 1. The van der Waals surface area contributed by atoms with Crippen molar-refractivity contribution >= 4 is 60.4 Å². The normalized spacial score (nSPS) is 10.3. The Hall–Kier alpha value is 0.340. The fraction of sp³-hybridized carbons (Fsp3) is 0.364. The SMILES string of the molecule is O=C(NCCOCCBr)c1cc(I)ccc1Br. The van der Waals surface area contributed by atoms with Gasteiger partial charge < -0.3 is 10.1 Å². The highest BCUT2D eigenvalue weighted by molar-refractivity contribution is 14.1. The van der Waals surface area contributed by atoms with Gasteiger partial charge in [-0.1, -0.05) is 15.9 Å². The highest BCUT2D eigenvalue weighted by atomic mass is 127. The lowest BCUT2D eigenvalue weighted by molar-refractivity contribution is 0.0923. The maximum atomic E-state index is 11.8. The first-order chi connectivity index (χ1) is 8.15. The lowest BCUT2D eigenvalue weighted by Gasteiger charge is -2.07. The summed E-state index contributed by atoms with van der Waals surface area (Å²) in [6, 6.07) is 5.66. The quantitative estimate of drug-likeness (QED) is 0.389. The number of rotatable bonds is 6. The van der Waals surface area contributed by atoms with Crippen LogP contribution in [0.5, 0.6) is 0 Å². The molecule has 1 aromatic rings. The minimum atomic E-state index is -0.0853. The van der Waals surface area contributed by atoms with E-state index in [0.29, 0.717) is 25.3 Å². The molecule has 0 aliphatic rings. The number of halogens is 3. The molecule has 17 heavy (non-hydrogen) atoms. The van der Waals surface area contributed by atoms with Crippen molar-refractivity contribution in [2.75, 3.05) is 25.1 Å². The summed E-state index contributed by atoms with van der Waals surface area (Å²) in [5.74, 6) is -0.0853. The second-order valence-electron chi connectivity index (χ2n) is 3.18. The van der Waals surface area contributed by atoms with E-state index in [2.05, 4.69) is 59.8 Å². The average Bonchev–Trinajstić information content (AvgIpc) is 2.32. The van der Waals surface area contributed by atoms with Crippen LogP contribution in [0.3, 0.4) is 0 Å². The van der Waals surface area contributed by atoms with Crippen molar-refractivity contribution in [1.82, 2.24) is 5.32 Å². The molecule has 0 fully saturated rings. The van der Waals surface area contributed by atoms with Gasteiger partial charge >= 0.3 is 0 Å². The molecule has 0 heterocycles. The zero-order chi connectivity index (χ0) is 12.7. The molecule has 0 aromatic heterocycles. The number of hydrogen-bond acceptors (Lipinski definition) is 2. The van der Waals surface area contributed by atoms with Crippen molar-refractivity contribution in [3.63, 3.8) is 0 Å². The average molecular weight is 477 g/mol. The monoisotopic (exact) mass is 475 g/mol. The van der Waals surface area contributed by atoms with Gasteiger partial charge in [0.1, 0.15) is 0 Å². The highest BCUT2D eigenvalue weighted by Gasteiger charge is 2.09. The molecule has 0 aliphatic carbocycles. The van der Waals surface area contributed by atoms with Crippen LogP contribution < -0.4 is 5.32 Å². The van der Waals surface area contributed by atoms with E-state index in [-0.39, 0.29) is 5.91 Å². The number of carbonyl (C=O) groups is 1. The predicted molar refractivity (Wildman–Crippen MR) is 83.8 cm³/mol. The second-order valence-corrected chi connectivity index (χ2v) is 6.07. The molecular formula is C11H12Br2INO2. The molecule has 0 saturated heterocycles. The molecule has 3 nitrogen and oxygen atoms in total. The Balaban J connectivity index is 2.44. The van der Waals surface area contributed by atoms with E-state index < -0.39 is 0 Å². The third-order valence-electron chi connectivity index (χ3n) is 1.93. The van der Waals surface area contributed by atoms with Gasteiger partial charge in [0, 0.05) is 19.9 Å². The minimum Gasteiger partial charge on any atom is -0.379 e. The van der Waals surface area contributed by atoms with Gasteiger partial charge in [0.05, 0.1) is 18.8 Å². The van der Waals surface area contributed by atoms with Gasteiger partial charge in [-0.15, -0.1) is 0 Å².